The smallest absolute Gasteiger partial charge is 0.185 e. The molecule has 0 fully saturated rings. The van der Waals surface area contributed by atoms with Gasteiger partial charge in [0.1, 0.15) is 6.33 Å². The Bertz CT molecular complexity index is 1020. The van der Waals surface area contributed by atoms with Crippen molar-refractivity contribution >= 4 is 28.5 Å². The predicted octanol–water partition coefficient (Wildman–Crippen LogP) is 3.29. The molecule has 0 saturated heterocycles. The van der Waals surface area contributed by atoms with E-state index in [9.17, 15) is 0 Å². The summed E-state index contributed by atoms with van der Waals surface area (Å²) in [5, 5.41) is 18.8. The molecule has 0 bridgehead atoms. The molecular formula is C18H16N6. The normalized spacial score (nSPS) is 11.5. The van der Waals surface area contributed by atoms with E-state index in [1.807, 2.05) is 24.3 Å². The molecular weight excluding hydrogens is 300 g/mol. The Balaban J connectivity index is 1.66. The molecule has 2 heterocycles. The lowest BCUT2D eigenvalue weighted by Crippen LogP contribution is -2.00. The minimum Gasteiger partial charge on any atom is -0.259 e. The molecule has 0 aliphatic heterocycles. The zero-order chi connectivity index (χ0) is 16.4. The van der Waals surface area contributed by atoms with Gasteiger partial charge in [-0.05, 0) is 17.5 Å². The number of aryl methyl sites for hydroxylation is 1. The van der Waals surface area contributed by atoms with Crippen LogP contribution in [-0.4, -0.2) is 26.0 Å². The van der Waals surface area contributed by atoms with Gasteiger partial charge in [-0.25, -0.2) is 0 Å². The Morgan fingerprint density at radius 2 is 1.88 bits per heavy atom. The van der Waals surface area contributed by atoms with Crippen LogP contribution in [0.3, 0.4) is 0 Å². The van der Waals surface area contributed by atoms with E-state index in [1.165, 1.54) is 5.56 Å². The first kappa shape index (κ1) is 14.3. The van der Waals surface area contributed by atoms with Crippen LogP contribution < -0.4 is 5.43 Å². The molecule has 0 radical (unpaired) electrons. The van der Waals surface area contributed by atoms with E-state index >= 15 is 0 Å². The molecule has 24 heavy (non-hydrogen) atoms. The van der Waals surface area contributed by atoms with Crippen molar-refractivity contribution in [2.75, 3.05) is 5.43 Å². The van der Waals surface area contributed by atoms with Crippen molar-refractivity contribution in [3.05, 3.63) is 66.0 Å². The summed E-state index contributed by atoms with van der Waals surface area (Å²) in [6.07, 6.45) is 4.40. The van der Waals surface area contributed by atoms with Crippen molar-refractivity contribution in [2.24, 2.45) is 5.10 Å². The lowest BCUT2D eigenvalue weighted by atomic mass is 10.1. The van der Waals surface area contributed by atoms with Gasteiger partial charge >= 0.3 is 0 Å². The Morgan fingerprint density at radius 1 is 1.08 bits per heavy atom. The highest BCUT2D eigenvalue weighted by Crippen LogP contribution is 2.23. The summed E-state index contributed by atoms with van der Waals surface area (Å²) in [7, 11) is 0. The molecule has 2 aromatic carbocycles. The van der Waals surface area contributed by atoms with Gasteiger partial charge in [0.15, 0.2) is 11.5 Å². The van der Waals surface area contributed by atoms with Crippen LogP contribution in [0.4, 0.5) is 5.82 Å². The molecule has 6 heteroatoms. The van der Waals surface area contributed by atoms with Gasteiger partial charge in [-0.2, -0.15) is 9.62 Å². The van der Waals surface area contributed by atoms with E-state index in [0.29, 0.717) is 5.82 Å². The number of hydrogen-bond acceptors (Lipinski definition) is 5. The average molecular weight is 316 g/mol. The van der Waals surface area contributed by atoms with Crippen molar-refractivity contribution in [2.45, 2.75) is 13.3 Å². The summed E-state index contributed by atoms with van der Waals surface area (Å²) in [5.74, 6) is 0.666. The Labute approximate surface area is 138 Å². The number of hydrazone groups is 1. The van der Waals surface area contributed by atoms with Crippen molar-refractivity contribution in [3.63, 3.8) is 0 Å². The molecule has 0 saturated carbocycles. The van der Waals surface area contributed by atoms with Crippen molar-refractivity contribution in [3.8, 4) is 0 Å². The summed E-state index contributed by atoms with van der Waals surface area (Å²) in [5.41, 5.74) is 6.11. The predicted molar refractivity (Wildman–Crippen MR) is 95.3 cm³/mol. The largest absolute Gasteiger partial charge is 0.259 e. The number of hydrogen-bond donors (Lipinski definition) is 1. The highest BCUT2D eigenvalue weighted by Gasteiger charge is 2.08. The third-order valence-electron chi connectivity index (χ3n) is 3.93. The van der Waals surface area contributed by atoms with E-state index in [0.717, 1.165) is 28.4 Å². The lowest BCUT2D eigenvalue weighted by molar-refractivity contribution is 0.934. The van der Waals surface area contributed by atoms with E-state index in [-0.39, 0.29) is 0 Å². The van der Waals surface area contributed by atoms with E-state index in [2.05, 4.69) is 57.0 Å². The topological polar surface area (TPSA) is 67.5 Å². The van der Waals surface area contributed by atoms with Crippen LogP contribution >= 0.6 is 0 Å². The second-order valence-corrected chi connectivity index (χ2v) is 5.46. The standard InChI is InChI=1S/C18H16N6/c1-2-13-7-9-14(10-8-13)11-19-21-17-15-5-3-4-6-16(15)18-22-20-12-24(18)23-17/h3-12H,2H2,1H3,(H,21,23)/b19-11+. The first-order chi connectivity index (χ1) is 11.8. The van der Waals surface area contributed by atoms with Crippen LogP contribution in [0, 0.1) is 0 Å². The maximum Gasteiger partial charge on any atom is 0.185 e. The van der Waals surface area contributed by atoms with Crippen molar-refractivity contribution < 1.29 is 0 Å². The summed E-state index contributed by atoms with van der Waals surface area (Å²) in [6.45, 7) is 2.14. The molecule has 0 unspecified atom stereocenters. The van der Waals surface area contributed by atoms with Gasteiger partial charge in [0.2, 0.25) is 0 Å². The zero-order valence-corrected chi connectivity index (χ0v) is 13.2. The highest BCUT2D eigenvalue weighted by molar-refractivity contribution is 5.99. The van der Waals surface area contributed by atoms with Crippen LogP contribution in [0.15, 0.2) is 60.0 Å². The maximum atomic E-state index is 4.49. The molecule has 6 nitrogen and oxygen atoms in total. The Morgan fingerprint density at radius 3 is 2.67 bits per heavy atom. The second-order valence-electron chi connectivity index (χ2n) is 5.46. The van der Waals surface area contributed by atoms with Crippen LogP contribution in [0.5, 0.6) is 0 Å². The molecule has 0 amide bonds. The number of nitrogens with zero attached hydrogens (tertiary/aromatic N) is 5. The Kier molecular flexibility index (Phi) is 3.63. The fraction of sp³-hybridized carbons (Fsp3) is 0.111. The fourth-order valence-electron chi connectivity index (χ4n) is 2.62. The number of anilines is 1. The average Bonchev–Trinajstić information content (AvgIpc) is 3.11. The molecule has 4 rings (SSSR count). The molecule has 0 atom stereocenters. The van der Waals surface area contributed by atoms with E-state index < -0.39 is 0 Å². The summed E-state index contributed by atoms with van der Waals surface area (Å²) in [4.78, 5) is 0. The van der Waals surface area contributed by atoms with E-state index in [1.54, 1.807) is 17.1 Å². The SMILES string of the molecule is CCc1ccc(/C=N/Nc2nn3cnnc3c3ccccc23)cc1. The quantitative estimate of drug-likeness (QED) is 0.463. The molecule has 4 aromatic rings. The highest BCUT2D eigenvalue weighted by atomic mass is 15.4. The zero-order valence-electron chi connectivity index (χ0n) is 13.2. The van der Waals surface area contributed by atoms with Crippen molar-refractivity contribution in [1.29, 1.82) is 0 Å². The third kappa shape index (κ3) is 2.58. The number of nitrogens with one attached hydrogen (secondary N) is 1. The third-order valence-corrected chi connectivity index (χ3v) is 3.93. The second kappa shape index (κ2) is 6.08. The summed E-state index contributed by atoms with van der Waals surface area (Å²) < 4.78 is 1.65. The summed E-state index contributed by atoms with van der Waals surface area (Å²) in [6, 6.07) is 16.3. The van der Waals surface area contributed by atoms with Gasteiger partial charge in [-0.15, -0.1) is 15.3 Å². The van der Waals surface area contributed by atoms with Gasteiger partial charge < -0.3 is 0 Å². The minimum absolute atomic E-state index is 0.666. The Hall–Kier alpha value is -3.28. The van der Waals surface area contributed by atoms with Crippen LogP contribution in [-0.2, 0) is 6.42 Å². The molecule has 0 spiro atoms. The molecule has 2 aromatic heterocycles. The molecule has 0 aliphatic rings. The monoisotopic (exact) mass is 316 g/mol. The van der Waals surface area contributed by atoms with Gasteiger partial charge in [0.25, 0.3) is 0 Å². The van der Waals surface area contributed by atoms with Crippen LogP contribution in [0.2, 0.25) is 0 Å². The number of benzene rings is 2. The lowest BCUT2D eigenvalue weighted by Gasteiger charge is -2.06. The number of aromatic nitrogens is 4. The molecule has 1 N–H and O–H groups in total. The van der Waals surface area contributed by atoms with Gasteiger partial charge in [0, 0.05) is 10.8 Å². The maximum absolute atomic E-state index is 4.49. The first-order valence-corrected chi connectivity index (χ1v) is 7.82. The van der Waals surface area contributed by atoms with E-state index in [4.69, 9.17) is 0 Å². The van der Waals surface area contributed by atoms with Gasteiger partial charge in [-0.3, -0.25) is 5.43 Å². The minimum atomic E-state index is 0.666. The number of rotatable bonds is 4. The van der Waals surface area contributed by atoms with Gasteiger partial charge in [0.05, 0.1) is 6.21 Å². The first-order valence-electron chi connectivity index (χ1n) is 7.82. The van der Waals surface area contributed by atoms with Crippen LogP contribution in [0.1, 0.15) is 18.1 Å². The molecule has 118 valence electrons. The number of fused-ring (bicyclic) bond motifs is 3. The molecule has 0 aliphatic carbocycles. The van der Waals surface area contributed by atoms with Gasteiger partial charge in [-0.1, -0.05) is 55.5 Å². The van der Waals surface area contributed by atoms with Crippen molar-refractivity contribution in [1.82, 2.24) is 19.8 Å². The fourth-order valence-corrected chi connectivity index (χ4v) is 2.62. The summed E-state index contributed by atoms with van der Waals surface area (Å²) >= 11 is 0. The van der Waals surface area contributed by atoms with Crippen LogP contribution in [0.25, 0.3) is 16.4 Å².